The quantitative estimate of drug-likeness (QED) is 0.859. The van der Waals surface area contributed by atoms with Gasteiger partial charge in [0.1, 0.15) is 18.2 Å². The van der Waals surface area contributed by atoms with Crippen molar-refractivity contribution in [3.8, 4) is 5.75 Å². The van der Waals surface area contributed by atoms with Crippen LogP contribution < -0.4 is 4.90 Å². The Bertz CT molecular complexity index is 909. The van der Waals surface area contributed by atoms with Crippen molar-refractivity contribution in [1.29, 1.82) is 0 Å². The minimum Gasteiger partial charge on any atom is -0.507 e. The van der Waals surface area contributed by atoms with Crippen LogP contribution in [0.2, 0.25) is 0 Å². The SMILES string of the molecule is Cc1cc(CN2CCCC3(C2)CN(c2cccc(F)c2)C(=O)CO3)cc(C)c1O. The van der Waals surface area contributed by atoms with Crippen molar-refractivity contribution in [2.75, 3.05) is 31.1 Å². The number of aryl methyl sites for hydroxylation is 2. The molecule has 2 heterocycles. The minimum atomic E-state index is -0.445. The third kappa shape index (κ3) is 4.14. The number of halogens is 1. The van der Waals surface area contributed by atoms with Crippen LogP contribution in [0.25, 0.3) is 0 Å². The van der Waals surface area contributed by atoms with E-state index in [-0.39, 0.29) is 18.3 Å². The van der Waals surface area contributed by atoms with Crippen LogP contribution in [0.4, 0.5) is 10.1 Å². The summed E-state index contributed by atoms with van der Waals surface area (Å²) >= 11 is 0. The average molecular weight is 398 g/mol. The molecule has 6 heteroatoms. The van der Waals surface area contributed by atoms with Crippen molar-refractivity contribution in [2.45, 2.75) is 38.8 Å². The lowest BCUT2D eigenvalue weighted by Gasteiger charge is -2.47. The van der Waals surface area contributed by atoms with Gasteiger partial charge in [0.15, 0.2) is 0 Å². The van der Waals surface area contributed by atoms with Crippen molar-refractivity contribution in [2.24, 2.45) is 0 Å². The molecule has 1 atom stereocenters. The molecule has 0 radical (unpaired) electrons. The Hall–Kier alpha value is -2.44. The number of amides is 1. The van der Waals surface area contributed by atoms with Gasteiger partial charge in [-0.2, -0.15) is 0 Å². The Kier molecular flexibility index (Phi) is 5.32. The van der Waals surface area contributed by atoms with Crippen LogP contribution in [-0.4, -0.2) is 47.8 Å². The van der Waals surface area contributed by atoms with Crippen LogP contribution in [0.15, 0.2) is 36.4 Å². The molecule has 4 rings (SSSR count). The maximum atomic E-state index is 13.7. The summed E-state index contributed by atoms with van der Waals surface area (Å²) in [5.74, 6) is -0.133. The topological polar surface area (TPSA) is 53.0 Å². The smallest absolute Gasteiger partial charge is 0.253 e. The lowest BCUT2D eigenvalue weighted by Crippen LogP contribution is -2.61. The highest BCUT2D eigenvalue weighted by molar-refractivity contribution is 5.95. The molecule has 2 saturated heterocycles. The summed E-state index contributed by atoms with van der Waals surface area (Å²) in [6.07, 6.45) is 1.84. The number of likely N-dealkylation sites (tertiary alicyclic amines) is 1. The fourth-order valence-electron chi connectivity index (χ4n) is 4.56. The number of ether oxygens (including phenoxy) is 1. The number of anilines is 1. The Labute approximate surface area is 170 Å². The summed E-state index contributed by atoms with van der Waals surface area (Å²) in [4.78, 5) is 16.5. The second kappa shape index (κ2) is 7.76. The lowest BCUT2D eigenvalue weighted by atomic mass is 9.90. The van der Waals surface area contributed by atoms with Gasteiger partial charge in [-0.15, -0.1) is 0 Å². The van der Waals surface area contributed by atoms with Crippen molar-refractivity contribution in [1.82, 2.24) is 4.90 Å². The summed E-state index contributed by atoms with van der Waals surface area (Å²) in [6.45, 7) is 6.71. The van der Waals surface area contributed by atoms with Crippen molar-refractivity contribution in [3.63, 3.8) is 0 Å². The van der Waals surface area contributed by atoms with Crippen LogP contribution in [0.5, 0.6) is 5.75 Å². The maximum Gasteiger partial charge on any atom is 0.253 e. The minimum absolute atomic E-state index is 0.0157. The number of morpholine rings is 1. The summed E-state index contributed by atoms with van der Waals surface area (Å²) in [5, 5.41) is 10.0. The van der Waals surface area contributed by atoms with Gasteiger partial charge in [-0.05, 0) is 68.1 Å². The second-order valence-corrected chi connectivity index (χ2v) is 8.32. The van der Waals surface area contributed by atoms with Crippen LogP contribution >= 0.6 is 0 Å². The molecule has 0 saturated carbocycles. The first-order valence-corrected chi connectivity index (χ1v) is 10.1. The second-order valence-electron chi connectivity index (χ2n) is 8.32. The first-order valence-electron chi connectivity index (χ1n) is 10.1. The highest BCUT2D eigenvalue weighted by Gasteiger charge is 2.43. The van der Waals surface area contributed by atoms with Gasteiger partial charge in [0, 0.05) is 18.8 Å². The van der Waals surface area contributed by atoms with Crippen molar-refractivity contribution >= 4 is 11.6 Å². The molecule has 2 fully saturated rings. The third-order valence-corrected chi connectivity index (χ3v) is 5.94. The van der Waals surface area contributed by atoms with Crippen LogP contribution in [0, 0.1) is 19.7 Å². The van der Waals surface area contributed by atoms with Crippen molar-refractivity contribution < 1.29 is 19.0 Å². The van der Waals surface area contributed by atoms with Crippen LogP contribution in [0.3, 0.4) is 0 Å². The molecule has 154 valence electrons. The van der Waals surface area contributed by atoms with E-state index >= 15 is 0 Å². The van der Waals surface area contributed by atoms with Gasteiger partial charge in [0.2, 0.25) is 0 Å². The van der Waals surface area contributed by atoms with E-state index in [0.717, 1.165) is 42.6 Å². The number of phenols is 1. The number of carbonyl (C=O) groups excluding carboxylic acids is 1. The number of piperidine rings is 1. The van der Waals surface area contributed by atoms with E-state index < -0.39 is 5.60 Å². The van der Waals surface area contributed by atoms with E-state index in [9.17, 15) is 14.3 Å². The highest BCUT2D eigenvalue weighted by atomic mass is 19.1. The molecule has 0 aliphatic carbocycles. The van der Waals surface area contributed by atoms with Gasteiger partial charge in [-0.1, -0.05) is 18.2 Å². The van der Waals surface area contributed by atoms with E-state index in [1.165, 1.54) is 12.1 Å². The van der Waals surface area contributed by atoms with E-state index in [1.54, 1.807) is 17.0 Å². The molecular formula is C23H27FN2O3. The molecule has 1 amide bonds. The number of phenolic OH excluding ortho intramolecular Hbond substituents is 1. The van der Waals surface area contributed by atoms with Crippen LogP contribution in [0.1, 0.15) is 29.5 Å². The first kappa shape index (κ1) is 19.9. The zero-order chi connectivity index (χ0) is 20.6. The molecule has 0 bridgehead atoms. The Morgan fingerprint density at radius 3 is 2.66 bits per heavy atom. The molecule has 2 aliphatic heterocycles. The fourth-order valence-corrected chi connectivity index (χ4v) is 4.56. The Morgan fingerprint density at radius 2 is 1.93 bits per heavy atom. The normalized spacial score (nSPS) is 23.0. The largest absolute Gasteiger partial charge is 0.507 e. The number of carbonyl (C=O) groups is 1. The average Bonchev–Trinajstić information content (AvgIpc) is 2.68. The zero-order valence-corrected chi connectivity index (χ0v) is 16.9. The summed E-state index contributed by atoms with van der Waals surface area (Å²) in [5.41, 5.74) is 3.05. The van der Waals surface area contributed by atoms with Gasteiger partial charge in [0.25, 0.3) is 5.91 Å². The molecule has 2 aliphatic rings. The van der Waals surface area contributed by atoms with Gasteiger partial charge >= 0.3 is 0 Å². The van der Waals surface area contributed by atoms with Crippen LogP contribution in [-0.2, 0) is 16.1 Å². The molecule has 2 aromatic rings. The Balaban J connectivity index is 1.51. The monoisotopic (exact) mass is 398 g/mol. The van der Waals surface area contributed by atoms with Crippen molar-refractivity contribution in [3.05, 3.63) is 58.9 Å². The predicted molar refractivity (Wildman–Crippen MR) is 110 cm³/mol. The Morgan fingerprint density at radius 1 is 1.17 bits per heavy atom. The number of aromatic hydroxyl groups is 1. The highest BCUT2D eigenvalue weighted by Crippen LogP contribution is 2.33. The molecule has 1 unspecified atom stereocenters. The maximum absolute atomic E-state index is 13.7. The van der Waals surface area contributed by atoms with E-state index in [1.807, 2.05) is 26.0 Å². The number of hydrogen-bond donors (Lipinski definition) is 1. The molecule has 0 aromatic heterocycles. The fraction of sp³-hybridized carbons (Fsp3) is 0.435. The summed E-state index contributed by atoms with van der Waals surface area (Å²) in [6, 6.07) is 10.2. The standard InChI is InChI=1S/C23H27FN2O3/c1-16-9-18(10-17(2)22(16)28)12-25-8-4-7-23(14-25)15-26(21(27)13-29-23)20-6-3-5-19(24)11-20/h3,5-6,9-11,28H,4,7-8,12-15H2,1-2H3. The number of nitrogens with zero attached hydrogens (tertiary/aromatic N) is 2. The molecule has 5 nitrogen and oxygen atoms in total. The number of benzene rings is 2. The summed E-state index contributed by atoms with van der Waals surface area (Å²) in [7, 11) is 0. The third-order valence-electron chi connectivity index (χ3n) is 5.94. The molecule has 2 aromatic carbocycles. The first-order chi connectivity index (χ1) is 13.8. The zero-order valence-electron chi connectivity index (χ0n) is 16.9. The van der Waals surface area contributed by atoms with Gasteiger partial charge in [-0.3, -0.25) is 9.69 Å². The van der Waals surface area contributed by atoms with Gasteiger partial charge in [0.05, 0.1) is 12.1 Å². The lowest BCUT2D eigenvalue weighted by molar-refractivity contribution is -0.146. The van der Waals surface area contributed by atoms with E-state index in [0.29, 0.717) is 24.5 Å². The summed E-state index contributed by atoms with van der Waals surface area (Å²) < 4.78 is 19.8. The molecule has 1 spiro atoms. The number of rotatable bonds is 3. The van der Waals surface area contributed by atoms with E-state index in [4.69, 9.17) is 4.74 Å². The number of hydrogen-bond acceptors (Lipinski definition) is 4. The molecule has 29 heavy (non-hydrogen) atoms. The molecule has 1 N–H and O–H groups in total. The van der Waals surface area contributed by atoms with E-state index in [2.05, 4.69) is 4.90 Å². The van der Waals surface area contributed by atoms with Gasteiger partial charge in [-0.25, -0.2) is 4.39 Å². The van der Waals surface area contributed by atoms with Gasteiger partial charge < -0.3 is 14.7 Å². The molecular weight excluding hydrogens is 371 g/mol. The predicted octanol–water partition coefficient (Wildman–Crippen LogP) is 3.55.